The van der Waals surface area contributed by atoms with Gasteiger partial charge in [0.1, 0.15) is 0 Å². The van der Waals surface area contributed by atoms with E-state index in [9.17, 15) is 0 Å². The first-order valence-corrected chi connectivity index (χ1v) is 8.72. The molecule has 0 aliphatic rings. The topological polar surface area (TPSA) is 41.9 Å². The standard InChI is InChI=1S/C19H19ClN4S/c1-13-6-5-8-16(10-13)21-19(25)22-18-11-14(2)24(23-18)12-15-7-3-4-9-17(15)20/h3-11H,12H2,1-2H3,(H2,21,22,23,25). The van der Waals surface area contributed by atoms with Gasteiger partial charge in [0.05, 0.1) is 6.54 Å². The molecule has 0 aliphatic carbocycles. The van der Waals surface area contributed by atoms with Gasteiger partial charge in [-0.15, -0.1) is 0 Å². The van der Waals surface area contributed by atoms with Gasteiger partial charge in [-0.2, -0.15) is 5.10 Å². The minimum Gasteiger partial charge on any atom is -0.332 e. The largest absolute Gasteiger partial charge is 0.332 e. The zero-order chi connectivity index (χ0) is 17.8. The molecule has 0 atom stereocenters. The summed E-state index contributed by atoms with van der Waals surface area (Å²) in [7, 11) is 0. The van der Waals surface area contributed by atoms with Gasteiger partial charge in [0.25, 0.3) is 0 Å². The van der Waals surface area contributed by atoms with E-state index in [-0.39, 0.29) is 0 Å². The Morgan fingerprint density at radius 2 is 1.88 bits per heavy atom. The van der Waals surface area contributed by atoms with Crippen molar-refractivity contribution in [1.82, 2.24) is 9.78 Å². The normalized spacial score (nSPS) is 10.5. The average Bonchev–Trinajstić information content (AvgIpc) is 2.89. The first-order chi connectivity index (χ1) is 12.0. The summed E-state index contributed by atoms with van der Waals surface area (Å²) in [6.07, 6.45) is 0. The fourth-order valence-electron chi connectivity index (χ4n) is 2.52. The highest BCUT2D eigenvalue weighted by molar-refractivity contribution is 7.80. The number of benzene rings is 2. The van der Waals surface area contributed by atoms with Crippen molar-refractivity contribution in [3.63, 3.8) is 0 Å². The van der Waals surface area contributed by atoms with Gasteiger partial charge in [0.2, 0.25) is 0 Å². The molecule has 1 aromatic heterocycles. The number of halogens is 1. The molecular formula is C19H19ClN4S. The lowest BCUT2D eigenvalue weighted by Crippen LogP contribution is -2.19. The fraction of sp³-hybridized carbons (Fsp3) is 0.158. The SMILES string of the molecule is Cc1cccc(NC(=S)Nc2cc(C)n(Cc3ccccc3Cl)n2)c1. The van der Waals surface area contributed by atoms with Crippen molar-refractivity contribution < 1.29 is 0 Å². The lowest BCUT2D eigenvalue weighted by Gasteiger charge is -2.09. The number of thiocarbonyl (C=S) groups is 1. The van der Waals surface area contributed by atoms with Crippen molar-refractivity contribution >= 4 is 40.4 Å². The second kappa shape index (κ2) is 7.68. The summed E-state index contributed by atoms with van der Waals surface area (Å²) in [5, 5.41) is 12.1. The third-order valence-electron chi connectivity index (χ3n) is 3.78. The van der Waals surface area contributed by atoms with Crippen LogP contribution in [-0.2, 0) is 6.54 Å². The molecule has 0 amide bonds. The first kappa shape index (κ1) is 17.5. The third-order valence-corrected chi connectivity index (χ3v) is 4.35. The predicted molar refractivity (Wildman–Crippen MR) is 109 cm³/mol. The number of hydrogen-bond donors (Lipinski definition) is 2. The highest BCUT2D eigenvalue weighted by Gasteiger charge is 2.08. The molecule has 0 saturated carbocycles. The summed E-state index contributed by atoms with van der Waals surface area (Å²) in [5.41, 5.74) is 4.18. The highest BCUT2D eigenvalue weighted by Crippen LogP contribution is 2.18. The van der Waals surface area contributed by atoms with Crippen LogP contribution in [0, 0.1) is 13.8 Å². The van der Waals surface area contributed by atoms with E-state index in [2.05, 4.69) is 15.7 Å². The van der Waals surface area contributed by atoms with Crippen molar-refractivity contribution in [3.8, 4) is 0 Å². The maximum absolute atomic E-state index is 6.23. The van der Waals surface area contributed by atoms with Crippen molar-refractivity contribution in [2.75, 3.05) is 10.6 Å². The molecule has 1 heterocycles. The molecule has 3 aromatic rings. The van der Waals surface area contributed by atoms with Crippen LogP contribution in [-0.4, -0.2) is 14.9 Å². The van der Waals surface area contributed by atoms with Gasteiger partial charge < -0.3 is 10.6 Å². The number of nitrogens with one attached hydrogen (secondary N) is 2. The molecule has 0 bridgehead atoms. The van der Waals surface area contributed by atoms with Crippen LogP contribution in [0.2, 0.25) is 5.02 Å². The van der Waals surface area contributed by atoms with Crippen molar-refractivity contribution in [2.45, 2.75) is 20.4 Å². The monoisotopic (exact) mass is 370 g/mol. The molecule has 0 radical (unpaired) electrons. The Labute approximate surface area is 157 Å². The predicted octanol–water partition coefficient (Wildman–Crippen LogP) is 5.01. The van der Waals surface area contributed by atoms with Gasteiger partial charge >= 0.3 is 0 Å². The second-order valence-corrected chi connectivity index (χ2v) is 6.68. The number of hydrogen-bond acceptors (Lipinski definition) is 2. The smallest absolute Gasteiger partial charge is 0.176 e. The van der Waals surface area contributed by atoms with Crippen molar-refractivity contribution in [3.05, 3.63) is 76.4 Å². The fourth-order valence-corrected chi connectivity index (χ4v) is 2.94. The minimum atomic E-state index is 0.507. The molecule has 2 N–H and O–H groups in total. The van der Waals surface area contributed by atoms with Crippen LogP contribution in [0.1, 0.15) is 16.8 Å². The summed E-state index contributed by atoms with van der Waals surface area (Å²) in [5.74, 6) is 0.703. The van der Waals surface area contributed by atoms with Crippen molar-refractivity contribution in [2.24, 2.45) is 0 Å². The Bertz CT molecular complexity index is 904. The van der Waals surface area contributed by atoms with Gasteiger partial charge in [-0.25, -0.2) is 0 Å². The Balaban J connectivity index is 1.68. The van der Waals surface area contributed by atoms with Crippen LogP contribution < -0.4 is 10.6 Å². The molecule has 6 heteroatoms. The van der Waals surface area contributed by atoms with E-state index in [0.717, 1.165) is 22.0 Å². The number of nitrogens with zero attached hydrogens (tertiary/aromatic N) is 2. The molecule has 4 nitrogen and oxygen atoms in total. The summed E-state index contributed by atoms with van der Waals surface area (Å²) < 4.78 is 1.90. The van der Waals surface area contributed by atoms with E-state index in [1.807, 2.05) is 73.1 Å². The molecule has 0 aliphatic heterocycles. The molecule has 0 spiro atoms. The van der Waals surface area contributed by atoms with Crippen LogP contribution in [0.15, 0.2) is 54.6 Å². The van der Waals surface area contributed by atoms with Crippen LogP contribution >= 0.6 is 23.8 Å². The molecule has 3 rings (SSSR count). The molecule has 2 aromatic carbocycles. The molecule has 0 unspecified atom stereocenters. The van der Waals surface area contributed by atoms with E-state index in [1.54, 1.807) is 0 Å². The Kier molecular flexibility index (Phi) is 5.36. The number of anilines is 2. The minimum absolute atomic E-state index is 0.507. The third kappa shape index (κ3) is 4.59. The summed E-state index contributed by atoms with van der Waals surface area (Å²) in [4.78, 5) is 0. The van der Waals surface area contributed by atoms with Gasteiger partial charge in [-0.1, -0.05) is 41.9 Å². The van der Waals surface area contributed by atoms with Crippen LogP contribution in [0.25, 0.3) is 0 Å². The molecular weight excluding hydrogens is 352 g/mol. The maximum Gasteiger partial charge on any atom is 0.176 e. The Hall–Kier alpha value is -2.37. The highest BCUT2D eigenvalue weighted by atomic mass is 35.5. The summed E-state index contributed by atoms with van der Waals surface area (Å²) in [6.45, 7) is 4.67. The lowest BCUT2D eigenvalue weighted by molar-refractivity contribution is 0.668. The zero-order valence-corrected chi connectivity index (χ0v) is 15.7. The molecule has 25 heavy (non-hydrogen) atoms. The van der Waals surface area contributed by atoms with Crippen LogP contribution in [0.3, 0.4) is 0 Å². The first-order valence-electron chi connectivity index (χ1n) is 7.94. The van der Waals surface area contributed by atoms with E-state index in [1.165, 1.54) is 5.56 Å². The van der Waals surface area contributed by atoms with Crippen LogP contribution in [0.4, 0.5) is 11.5 Å². The van der Waals surface area contributed by atoms with E-state index in [0.29, 0.717) is 17.5 Å². The number of rotatable bonds is 4. The van der Waals surface area contributed by atoms with Gasteiger partial charge in [-0.3, -0.25) is 4.68 Å². The van der Waals surface area contributed by atoms with Crippen molar-refractivity contribution in [1.29, 1.82) is 0 Å². The second-order valence-electron chi connectivity index (χ2n) is 5.87. The molecule has 0 saturated heterocycles. The van der Waals surface area contributed by atoms with E-state index >= 15 is 0 Å². The van der Waals surface area contributed by atoms with Crippen LogP contribution in [0.5, 0.6) is 0 Å². The van der Waals surface area contributed by atoms with Gasteiger partial charge in [-0.05, 0) is 55.4 Å². The van der Waals surface area contributed by atoms with Gasteiger partial charge in [0, 0.05) is 22.5 Å². The maximum atomic E-state index is 6.23. The molecule has 128 valence electrons. The lowest BCUT2D eigenvalue weighted by atomic mass is 10.2. The summed E-state index contributed by atoms with van der Waals surface area (Å²) >= 11 is 11.6. The number of aromatic nitrogens is 2. The average molecular weight is 371 g/mol. The van der Waals surface area contributed by atoms with E-state index < -0.39 is 0 Å². The Morgan fingerprint density at radius 3 is 2.64 bits per heavy atom. The zero-order valence-electron chi connectivity index (χ0n) is 14.1. The number of aryl methyl sites for hydroxylation is 2. The van der Waals surface area contributed by atoms with Gasteiger partial charge in [0.15, 0.2) is 10.9 Å². The molecule has 0 fully saturated rings. The summed E-state index contributed by atoms with van der Waals surface area (Å²) in [6, 6.07) is 17.8. The quantitative estimate of drug-likeness (QED) is 0.633. The Morgan fingerprint density at radius 1 is 1.08 bits per heavy atom. The van der Waals surface area contributed by atoms with E-state index in [4.69, 9.17) is 23.8 Å².